The summed E-state index contributed by atoms with van der Waals surface area (Å²) >= 11 is 0. The largest absolute Gasteiger partial charge is 0.494 e. The second kappa shape index (κ2) is 6.55. The van der Waals surface area contributed by atoms with E-state index in [9.17, 15) is 4.79 Å². The Morgan fingerprint density at radius 2 is 2.11 bits per heavy atom. The van der Waals surface area contributed by atoms with Gasteiger partial charge in [0.25, 0.3) is 0 Å². The topological polar surface area (TPSA) is 35.5 Å². The van der Waals surface area contributed by atoms with Gasteiger partial charge < -0.3 is 9.47 Å². The molecular weight excluding hydrogens is 228 g/mol. The van der Waals surface area contributed by atoms with Crippen molar-refractivity contribution in [2.45, 2.75) is 38.7 Å². The van der Waals surface area contributed by atoms with Crippen molar-refractivity contribution in [2.24, 2.45) is 0 Å². The molecule has 98 valence electrons. The van der Waals surface area contributed by atoms with Crippen molar-refractivity contribution in [3.05, 3.63) is 29.8 Å². The van der Waals surface area contributed by atoms with Crippen LogP contribution in [0, 0.1) is 0 Å². The van der Waals surface area contributed by atoms with E-state index in [1.807, 2.05) is 31.2 Å². The molecule has 0 spiro atoms. The molecule has 3 heteroatoms. The van der Waals surface area contributed by atoms with E-state index in [-0.39, 0.29) is 11.9 Å². The fraction of sp³-hybridized carbons (Fsp3) is 0.533. The molecule has 18 heavy (non-hydrogen) atoms. The van der Waals surface area contributed by atoms with Crippen molar-refractivity contribution in [3.63, 3.8) is 0 Å². The third-order valence-corrected chi connectivity index (χ3v) is 3.17. The minimum atomic E-state index is 0.109. The number of Topliss-reactive ketones (excluding diaryl/α,β-unsaturated/α-hetero) is 1. The number of ketones is 1. The molecule has 3 nitrogen and oxygen atoms in total. The van der Waals surface area contributed by atoms with Crippen LogP contribution in [0.3, 0.4) is 0 Å². The summed E-state index contributed by atoms with van der Waals surface area (Å²) in [6.45, 7) is 3.38. The first kappa shape index (κ1) is 13.1. The number of carbonyl (C=O) groups is 1. The molecule has 0 aromatic heterocycles. The third kappa shape index (κ3) is 3.57. The quantitative estimate of drug-likeness (QED) is 0.750. The zero-order valence-electron chi connectivity index (χ0n) is 10.9. The van der Waals surface area contributed by atoms with Crippen molar-refractivity contribution in [2.75, 3.05) is 13.2 Å². The fourth-order valence-corrected chi connectivity index (χ4v) is 2.20. The zero-order valence-corrected chi connectivity index (χ0v) is 10.9. The van der Waals surface area contributed by atoms with Gasteiger partial charge in [-0.3, -0.25) is 4.79 Å². The summed E-state index contributed by atoms with van der Waals surface area (Å²) in [6, 6.07) is 7.35. The molecule has 0 amide bonds. The Morgan fingerprint density at radius 1 is 1.33 bits per heavy atom. The molecule has 1 heterocycles. The molecule has 0 aliphatic carbocycles. The molecular formula is C15H20O3. The summed E-state index contributed by atoms with van der Waals surface area (Å²) in [5, 5.41) is 0. The first-order valence-corrected chi connectivity index (χ1v) is 6.67. The third-order valence-electron chi connectivity index (χ3n) is 3.17. The first-order valence-electron chi connectivity index (χ1n) is 6.67. The summed E-state index contributed by atoms with van der Waals surface area (Å²) in [7, 11) is 0. The monoisotopic (exact) mass is 248 g/mol. The van der Waals surface area contributed by atoms with Crippen LogP contribution in [0.15, 0.2) is 24.3 Å². The van der Waals surface area contributed by atoms with Crippen LogP contribution in [0.5, 0.6) is 5.75 Å². The van der Waals surface area contributed by atoms with E-state index in [0.29, 0.717) is 13.0 Å². The van der Waals surface area contributed by atoms with Gasteiger partial charge in [-0.05, 0) is 50.5 Å². The van der Waals surface area contributed by atoms with Crippen molar-refractivity contribution < 1.29 is 14.3 Å². The van der Waals surface area contributed by atoms with Gasteiger partial charge in [0.1, 0.15) is 5.75 Å². The van der Waals surface area contributed by atoms with Gasteiger partial charge in [-0.2, -0.15) is 0 Å². The normalized spacial score (nSPS) is 19.5. The highest BCUT2D eigenvalue weighted by Crippen LogP contribution is 2.19. The minimum absolute atomic E-state index is 0.109. The van der Waals surface area contributed by atoms with Crippen molar-refractivity contribution in [3.8, 4) is 5.75 Å². The van der Waals surface area contributed by atoms with Gasteiger partial charge in [-0.1, -0.05) is 0 Å². The van der Waals surface area contributed by atoms with Crippen LogP contribution in [-0.4, -0.2) is 25.1 Å². The molecule has 1 fully saturated rings. The van der Waals surface area contributed by atoms with E-state index in [1.165, 1.54) is 6.42 Å². The average Bonchev–Trinajstić information content (AvgIpc) is 2.41. The Hall–Kier alpha value is -1.35. The highest BCUT2D eigenvalue weighted by atomic mass is 16.5. The van der Waals surface area contributed by atoms with Crippen LogP contribution < -0.4 is 4.74 Å². The lowest BCUT2D eigenvalue weighted by molar-refractivity contribution is 0.0129. The summed E-state index contributed by atoms with van der Waals surface area (Å²) in [4.78, 5) is 12.1. The van der Waals surface area contributed by atoms with Gasteiger partial charge in [0.05, 0.1) is 12.7 Å². The van der Waals surface area contributed by atoms with Gasteiger partial charge in [0, 0.05) is 18.6 Å². The lowest BCUT2D eigenvalue weighted by Crippen LogP contribution is -2.22. The Labute approximate surface area is 108 Å². The van der Waals surface area contributed by atoms with Gasteiger partial charge >= 0.3 is 0 Å². The summed E-state index contributed by atoms with van der Waals surface area (Å²) in [5.74, 6) is 0.966. The lowest BCUT2D eigenvalue weighted by atomic mass is 10.00. The number of benzene rings is 1. The Kier molecular flexibility index (Phi) is 4.76. The standard InChI is InChI=1S/C15H20O3/c1-2-17-13-8-6-12(7-9-13)15(16)11-14-5-3-4-10-18-14/h6-9,14H,2-5,10-11H2,1H3. The van der Waals surface area contributed by atoms with Gasteiger partial charge in [-0.15, -0.1) is 0 Å². The molecule has 1 aromatic carbocycles. The second-order valence-corrected chi connectivity index (χ2v) is 4.57. The van der Waals surface area contributed by atoms with Crippen molar-refractivity contribution >= 4 is 5.78 Å². The predicted molar refractivity (Wildman–Crippen MR) is 70.1 cm³/mol. The first-order chi connectivity index (χ1) is 8.79. The second-order valence-electron chi connectivity index (χ2n) is 4.57. The Balaban J connectivity index is 1.91. The molecule has 1 aromatic rings. The van der Waals surface area contributed by atoms with E-state index in [1.54, 1.807) is 0 Å². The van der Waals surface area contributed by atoms with Crippen LogP contribution >= 0.6 is 0 Å². The zero-order chi connectivity index (χ0) is 12.8. The maximum absolute atomic E-state index is 12.1. The highest BCUT2D eigenvalue weighted by Gasteiger charge is 2.18. The predicted octanol–water partition coefficient (Wildman–Crippen LogP) is 3.23. The van der Waals surface area contributed by atoms with Crippen molar-refractivity contribution in [1.29, 1.82) is 0 Å². The molecule has 0 N–H and O–H groups in total. The maximum atomic E-state index is 12.1. The summed E-state index contributed by atoms with van der Waals surface area (Å²) < 4.78 is 10.9. The van der Waals surface area contributed by atoms with Crippen LogP contribution in [0.1, 0.15) is 43.0 Å². The lowest BCUT2D eigenvalue weighted by Gasteiger charge is -2.21. The van der Waals surface area contributed by atoms with E-state index in [2.05, 4.69) is 0 Å². The number of rotatable bonds is 5. The summed E-state index contributed by atoms with van der Waals surface area (Å²) in [6.07, 6.45) is 3.89. The van der Waals surface area contributed by atoms with Crippen molar-refractivity contribution in [1.82, 2.24) is 0 Å². The fourth-order valence-electron chi connectivity index (χ4n) is 2.20. The molecule has 1 atom stereocenters. The Morgan fingerprint density at radius 3 is 2.72 bits per heavy atom. The van der Waals surface area contributed by atoms with E-state index >= 15 is 0 Å². The molecule has 1 unspecified atom stereocenters. The van der Waals surface area contributed by atoms with Crippen LogP contribution in [0.2, 0.25) is 0 Å². The molecule has 0 radical (unpaired) electrons. The molecule has 0 saturated carbocycles. The SMILES string of the molecule is CCOc1ccc(C(=O)CC2CCCCO2)cc1. The average molecular weight is 248 g/mol. The van der Waals surface area contributed by atoms with E-state index in [0.717, 1.165) is 30.8 Å². The summed E-state index contributed by atoms with van der Waals surface area (Å²) in [5.41, 5.74) is 0.743. The molecule has 1 aliphatic heterocycles. The highest BCUT2D eigenvalue weighted by molar-refractivity contribution is 5.96. The molecule has 1 saturated heterocycles. The van der Waals surface area contributed by atoms with Crippen LogP contribution in [0.4, 0.5) is 0 Å². The molecule has 2 rings (SSSR count). The van der Waals surface area contributed by atoms with Crippen LogP contribution in [0.25, 0.3) is 0 Å². The van der Waals surface area contributed by atoms with Gasteiger partial charge in [0.2, 0.25) is 0 Å². The van der Waals surface area contributed by atoms with Crippen LogP contribution in [-0.2, 0) is 4.74 Å². The smallest absolute Gasteiger partial charge is 0.165 e. The molecule has 1 aliphatic rings. The van der Waals surface area contributed by atoms with E-state index in [4.69, 9.17) is 9.47 Å². The number of ether oxygens (including phenoxy) is 2. The van der Waals surface area contributed by atoms with Gasteiger partial charge in [-0.25, -0.2) is 0 Å². The Bertz CT molecular complexity index is 377. The minimum Gasteiger partial charge on any atom is -0.494 e. The number of carbonyl (C=O) groups excluding carboxylic acids is 1. The number of hydrogen-bond acceptors (Lipinski definition) is 3. The van der Waals surface area contributed by atoms with E-state index < -0.39 is 0 Å². The molecule has 0 bridgehead atoms. The number of hydrogen-bond donors (Lipinski definition) is 0. The van der Waals surface area contributed by atoms with Gasteiger partial charge in [0.15, 0.2) is 5.78 Å². The maximum Gasteiger partial charge on any atom is 0.165 e.